The van der Waals surface area contributed by atoms with Gasteiger partial charge in [0.05, 0.1) is 17.2 Å². The topological polar surface area (TPSA) is 109 Å². The lowest BCUT2D eigenvalue weighted by molar-refractivity contribution is -0.141. The van der Waals surface area contributed by atoms with E-state index in [1.54, 1.807) is 13.0 Å². The van der Waals surface area contributed by atoms with Gasteiger partial charge >= 0.3 is 5.97 Å². The highest BCUT2D eigenvalue weighted by Gasteiger charge is 2.36. The summed E-state index contributed by atoms with van der Waals surface area (Å²) in [6, 6.07) is 10.5. The maximum atomic E-state index is 12.7. The monoisotopic (exact) mass is 405 g/mol. The molecule has 0 radical (unpaired) electrons. The fourth-order valence-corrected chi connectivity index (χ4v) is 5.04. The van der Waals surface area contributed by atoms with Gasteiger partial charge in [-0.25, -0.2) is 13.2 Å². The number of esters is 1. The number of nitrogens with zero attached hydrogens (tertiary/aromatic N) is 2. The Morgan fingerprint density at radius 3 is 2.64 bits per heavy atom. The number of hydrogen-bond acceptors (Lipinski definition) is 6. The first-order valence-electron chi connectivity index (χ1n) is 9.13. The zero-order valence-electron chi connectivity index (χ0n) is 15.8. The SMILES string of the molecule is CCN(C(=O)[C@@H](C)OC(=O)c1cc(-c2ccccc2)n[nH]1)[C@@H]1CCS(=O)(=O)C1. The van der Waals surface area contributed by atoms with Crippen LogP contribution in [0, 0.1) is 0 Å². The molecule has 0 saturated carbocycles. The molecule has 1 aromatic heterocycles. The fourth-order valence-electron chi connectivity index (χ4n) is 3.31. The molecule has 2 atom stereocenters. The number of likely N-dealkylation sites (N-methyl/N-ethyl adjacent to an activating group) is 1. The molecule has 28 heavy (non-hydrogen) atoms. The van der Waals surface area contributed by atoms with Crippen LogP contribution < -0.4 is 0 Å². The van der Waals surface area contributed by atoms with Crippen molar-refractivity contribution in [2.75, 3.05) is 18.1 Å². The minimum absolute atomic E-state index is 0.0474. The van der Waals surface area contributed by atoms with Gasteiger partial charge in [0.25, 0.3) is 5.91 Å². The van der Waals surface area contributed by atoms with Gasteiger partial charge in [-0.05, 0) is 26.3 Å². The van der Waals surface area contributed by atoms with Crippen LogP contribution in [0.5, 0.6) is 0 Å². The molecule has 2 heterocycles. The van der Waals surface area contributed by atoms with E-state index in [0.717, 1.165) is 5.56 Å². The summed E-state index contributed by atoms with van der Waals surface area (Å²) in [5.74, 6) is -1.06. The van der Waals surface area contributed by atoms with Gasteiger partial charge < -0.3 is 9.64 Å². The minimum atomic E-state index is -3.11. The third-order valence-electron chi connectivity index (χ3n) is 4.77. The van der Waals surface area contributed by atoms with E-state index in [2.05, 4.69) is 10.2 Å². The molecule has 1 N–H and O–H groups in total. The lowest BCUT2D eigenvalue weighted by Crippen LogP contribution is -2.46. The maximum Gasteiger partial charge on any atom is 0.357 e. The fraction of sp³-hybridized carbons (Fsp3) is 0.421. The van der Waals surface area contributed by atoms with Crippen molar-refractivity contribution in [3.8, 4) is 11.3 Å². The summed E-state index contributed by atoms with van der Waals surface area (Å²) in [6.07, 6.45) is -0.622. The van der Waals surface area contributed by atoms with Gasteiger partial charge in [0, 0.05) is 18.2 Å². The first kappa shape index (κ1) is 20.1. The number of nitrogens with one attached hydrogen (secondary N) is 1. The third kappa shape index (κ3) is 4.41. The molecule has 0 spiro atoms. The van der Waals surface area contributed by atoms with Crippen molar-refractivity contribution < 1.29 is 22.7 Å². The number of H-pyrrole nitrogens is 1. The number of aromatic nitrogens is 2. The average Bonchev–Trinajstić information content (AvgIpc) is 3.30. The summed E-state index contributed by atoms with van der Waals surface area (Å²) in [4.78, 5) is 26.6. The molecular formula is C19H23N3O5S. The number of aromatic amines is 1. The van der Waals surface area contributed by atoms with E-state index < -0.39 is 27.8 Å². The van der Waals surface area contributed by atoms with E-state index in [-0.39, 0.29) is 23.2 Å². The quantitative estimate of drug-likeness (QED) is 0.732. The van der Waals surface area contributed by atoms with Gasteiger partial charge in [-0.1, -0.05) is 30.3 Å². The van der Waals surface area contributed by atoms with Gasteiger partial charge in [0.15, 0.2) is 15.9 Å². The Bertz CT molecular complexity index is 955. The molecule has 1 aromatic carbocycles. The number of rotatable bonds is 6. The van der Waals surface area contributed by atoms with Crippen molar-refractivity contribution in [3.05, 3.63) is 42.1 Å². The highest BCUT2D eigenvalue weighted by Crippen LogP contribution is 2.20. The molecule has 1 aliphatic rings. The Labute approximate surface area is 163 Å². The van der Waals surface area contributed by atoms with Crippen molar-refractivity contribution in [2.24, 2.45) is 0 Å². The normalized spacial score (nSPS) is 19.1. The summed E-state index contributed by atoms with van der Waals surface area (Å²) in [6.45, 7) is 3.61. The van der Waals surface area contributed by atoms with Crippen LogP contribution in [0.4, 0.5) is 0 Å². The van der Waals surface area contributed by atoms with Crippen LogP contribution in [-0.2, 0) is 19.4 Å². The predicted molar refractivity (Wildman–Crippen MR) is 103 cm³/mol. The predicted octanol–water partition coefficient (Wildman–Crippen LogP) is 1.66. The zero-order valence-corrected chi connectivity index (χ0v) is 16.6. The van der Waals surface area contributed by atoms with E-state index in [1.165, 1.54) is 11.8 Å². The number of carbonyl (C=O) groups is 2. The Morgan fingerprint density at radius 1 is 1.32 bits per heavy atom. The van der Waals surface area contributed by atoms with Crippen LogP contribution in [0.3, 0.4) is 0 Å². The van der Waals surface area contributed by atoms with E-state index in [0.29, 0.717) is 18.7 Å². The molecular weight excluding hydrogens is 382 g/mol. The summed E-state index contributed by atoms with van der Waals surface area (Å²) in [5, 5.41) is 6.73. The number of sulfone groups is 1. The van der Waals surface area contributed by atoms with E-state index in [4.69, 9.17) is 4.74 Å². The van der Waals surface area contributed by atoms with Crippen molar-refractivity contribution in [2.45, 2.75) is 32.4 Å². The molecule has 1 aliphatic heterocycles. The van der Waals surface area contributed by atoms with Crippen LogP contribution >= 0.6 is 0 Å². The Balaban J connectivity index is 1.65. The highest BCUT2D eigenvalue weighted by atomic mass is 32.2. The molecule has 8 nitrogen and oxygen atoms in total. The third-order valence-corrected chi connectivity index (χ3v) is 6.52. The van der Waals surface area contributed by atoms with E-state index >= 15 is 0 Å². The smallest absolute Gasteiger partial charge is 0.357 e. The van der Waals surface area contributed by atoms with Gasteiger partial charge in [0.2, 0.25) is 0 Å². The summed E-state index contributed by atoms with van der Waals surface area (Å²) in [7, 11) is -3.11. The van der Waals surface area contributed by atoms with Crippen molar-refractivity contribution in [1.29, 1.82) is 0 Å². The summed E-state index contributed by atoms with van der Waals surface area (Å²) >= 11 is 0. The Morgan fingerprint density at radius 2 is 2.04 bits per heavy atom. The second kappa shape index (κ2) is 8.14. The first-order chi connectivity index (χ1) is 13.3. The van der Waals surface area contributed by atoms with Gasteiger partial charge in [-0.15, -0.1) is 0 Å². The van der Waals surface area contributed by atoms with Gasteiger partial charge in [0.1, 0.15) is 5.69 Å². The first-order valence-corrected chi connectivity index (χ1v) is 11.0. The number of benzene rings is 1. The molecule has 1 fully saturated rings. The van der Waals surface area contributed by atoms with Crippen LogP contribution in [-0.4, -0.2) is 65.6 Å². The molecule has 0 aliphatic carbocycles. The van der Waals surface area contributed by atoms with E-state index in [1.807, 2.05) is 30.3 Å². The molecule has 0 unspecified atom stereocenters. The lowest BCUT2D eigenvalue weighted by Gasteiger charge is -2.29. The Hall–Kier alpha value is -2.68. The molecule has 3 rings (SSSR count). The van der Waals surface area contributed by atoms with E-state index in [9.17, 15) is 18.0 Å². The van der Waals surface area contributed by atoms with Gasteiger partial charge in [-0.3, -0.25) is 9.89 Å². The summed E-state index contributed by atoms with van der Waals surface area (Å²) in [5.41, 5.74) is 1.59. The second-order valence-corrected chi connectivity index (χ2v) is 8.99. The van der Waals surface area contributed by atoms with Gasteiger partial charge in [-0.2, -0.15) is 5.10 Å². The molecule has 1 saturated heterocycles. The molecule has 150 valence electrons. The molecule has 9 heteroatoms. The van der Waals surface area contributed by atoms with Crippen molar-refractivity contribution >= 4 is 21.7 Å². The molecule has 1 amide bonds. The Kier molecular flexibility index (Phi) is 5.83. The number of ether oxygens (including phenoxy) is 1. The second-order valence-electron chi connectivity index (χ2n) is 6.76. The van der Waals surface area contributed by atoms with Crippen LogP contribution in [0.1, 0.15) is 30.8 Å². The van der Waals surface area contributed by atoms with Crippen LogP contribution in [0.2, 0.25) is 0 Å². The van der Waals surface area contributed by atoms with Crippen LogP contribution in [0.25, 0.3) is 11.3 Å². The summed E-state index contributed by atoms with van der Waals surface area (Å²) < 4.78 is 28.7. The van der Waals surface area contributed by atoms with Crippen molar-refractivity contribution in [3.63, 3.8) is 0 Å². The van der Waals surface area contributed by atoms with Crippen molar-refractivity contribution in [1.82, 2.24) is 15.1 Å². The standard InChI is InChI=1S/C19H23N3O5S/c1-3-22(15-9-10-28(25,26)12-15)18(23)13(2)27-19(24)17-11-16(20-21-17)14-7-5-4-6-8-14/h4-8,11,13,15H,3,9-10,12H2,1-2H3,(H,20,21)/t13-,15-/m1/s1. The average molecular weight is 405 g/mol. The maximum absolute atomic E-state index is 12.7. The molecule has 2 aromatic rings. The molecule has 0 bridgehead atoms. The number of carbonyl (C=O) groups excluding carboxylic acids is 2. The largest absolute Gasteiger partial charge is 0.448 e. The number of amides is 1. The minimum Gasteiger partial charge on any atom is -0.448 e. The zero-order chi connectivity index (χ0) is 20.3. The number of hydrogen-bond donors (Lipinski definition) is 1. The van der Waals surface area contributed by atoms with Crippen LogP contribution in [0.15, 0.2) is 36.4 Å². The highest BCUT2D eigenvalue weighted by molar-refractivity contribution is 7.91. The lowest BCUT2D eigenvalue weighted by atomic mass is 10.1.